The number of methoxy groups -OCH3 is 2. The highest BCUT2D eigenvalue weighted by Gasteiger charge is 2.26. The highest BCUT2D eigenvalue weighted by Crippen LogP contribution is 2.38. The molecule has 0 aliphatic heterocycles. The molecule has 0 fully saturated rings. The van der Waals surface area contributed by atoms with E-state index in [1.54, 1.807) is 39.3 Å². The molecule has 7 heteroatoms. The van der Waals surface area contributed by atoms with Crippen molar-refractivity contribution in [3.8, 4) is 33.9 Å². The minimum atomic E-state index is -0.497. The first-order valence-corrected chi connectivity index (χ1v) is 10.8. The van der Waals surface area contributed by atoms with E-state index in [1.807, 2.05) is 60.7 Å². The molecule has 1 aromatic heterocycles. The van der Waals surface area contributed by atoms with E-state index in [-0.39, 0.29) is 12.4 Å². The number of esters is 1. The number of aromatic nitrogens is 2. The molecule has 0 radical (unpaired) electrons. The molecule has 0 spiro atoms. The zero-order valence-electron chi connectivity index (χ0n) is 19.2. The largest absolute Gasteiger partial charge is 0.497 e. The number of benzene rings is 3. The predicted molar refractivity (Wildman–Crippen MR) is 132 cm³/mol. The topological polar surface area (TPSA) is 82.6 Å². The van der Waals surface area contributed by atoms with E-state index < -0.39 is 5.97 Å². The number of carbonyl (C=O) groups excluding carboxylic acids is 1. The molecule has 0 aliphatic rings. The van der Waals surface area contributed by atoms with Gasteiger partial charge >= 0.3 is 5.97 Å². The molecular formula is C27H25N3O4. The van der Waals surface area contributed by atoms with Crippen LogP contribution in [0.4, 0.5) is 11.5 Å². The molecule has 0 amide bonds. The standard InChI is InChI=1S/C27H25N3O4/c1-4-34-27(31)24-23(18-11-7-5-8-12-18)25(19-13-9-6-10-14-19)29-30-26(24)28-21-16-15-20(32-2)17-22(21)33-3/h5-17H,4H2,1-3H3,(H,28,30). The molecule has 3 aromatic carbocycles. The summed E-state index contributed by atoms with van der Waals surface area (Å²) in [5, 5.41) is 12.2. The molecule has 0 unspecified atom stereocenters. The van der Waals surface area contributed by atoms with E-state index in [0.717, 1.165) is 11.1 Å². The zero-order chi connectivity index (χ0) is 23.9. The second kappa shape index (κ2) is 10.5. The summed E-state index contributed by atoms with van der Waals surface area (Å²) in [5.74, 6) is 0.941. The second-order valence-corrected chi connectivity index (χ2v) is 7.29. The first-order chi connectivity index (χ1) is 16.7. The van der Waals surface area contributed by atoms with Gasteiger partial charge in [0.15, 0.2) is 5.82 Å². The van der Waals surface area contributed by atoms with Gasteiger partial charge in [-0.2, -0.15) is 0 Å². The second-order valence-electron chi connectivity index (χ2n) is 7.29. The molecule has 1 heterocycles. The maximum absolute atomic E-state index is 13.3. The minimum absolute atomic E-state index is 0.224. The molecule has 0 saturated carbocycles. The first-order valence-electron chi connectivity index (χ1n) is 10.8. The highest BCUT2D eigenvalue weighted by atomic mass is 16.5. The molecule has 0 saturated heterocycles. The Morgan fingerprint density at radius 3 is 2.15 bits per heavy atom. The summed E-state index contributed by atoms with van der Waals surface area (Å²) in [6.45, 7) is 1.99. The molecule has 7 nitrogen and oxygen atoms in total. The Morgan fingerprint density at radius 2 is 1.53 bits per heavy atom. The monoisotopic (exact) mass is 455 g/mol. The van der Waals surface area contributed by atoms with Gasteiger partial charge in [-0.25, -0.2) is 4.79 Å². The average Bonchev–Trinajstić information content (AvgIpc) is 2.89. The third-order valence-corrected chi connectivity index (χ3v) is 5.22. The summed E-state index contributed by atoms with van der Waals surface area (Å²) in [7, 11) is 3.15. The fourth-order valence-electron chi connectivity index (χ4n) is 3.64. The van der Waals surface area contributed by atoms with Crippen LogP contribution in [0.3, 0.4) is 0 Å². The van der Waals surface area contributed by atoms with Crippen LogP contribution in [0, 0.1) is 0 Å². The SMILES string of the molecule is CCOC(=O)c1c(Nc2ccc(OC)cc2OC)nnc(-c2ccccc2)c1-c1ccccc1. The number of hydrogen-bond donors (Lipinski definition) is 1. The number of nitrogens with zero attached hydrogens (tertiary/aromatic N) is 2. The Morgan fingerprint density at radius 1 is 0.853 bits per heavy atom. The van der Waals surface area contributed by atoms with Gasteiger partial charge in [0.2, 0.25) is 0 Å². The summed E-state index contributed by atoms with van der Waals surface area (Å²) in [4.78, 5) is 13.3. The van der Waals surface area contributed by atoms with Crippen molar-refractivity contribution in [3.63, 3.8) is 0 Å². The van der Waals surface area contributed by atoms with Crippen LogP contribution in [-0.2, 0) is 4.74 Å². The van der Waals surface area contributed by atoms with E-state index in [9.17, 15) is 4.79 Å². The van der Waals surface area contributed by atoms with Crippen molar-refractivity contribution in [1.29, 1.82) is 0 Å². The highest BCUT2D eigenvalue weighted by molar-refractivity contribution is 6.05. The summed E-state index contributed by atoms with van der Waals surface area (Å²) in [6.07, 6.45) is 0. The Kier molecular flexibility index (Phi) is 7.03. The fourth-order valence-corrected chi connectivity index (χ4v) is 3.64. The van der Waals surface area contributed by atoms with Crippen LogP contribution < -0.4 is 14.8 Å². The average molecular weight is 456 g/mol. The number of ether oxygens (including phenoxy) is 3. The molecular weight excluding hydrogens is 430 g/mol. The van der Waals surface area contributed by atoms with Gasteiger partial charge in [0.05, 0.1) is 26.5 Å². The molecule has 4 aromatic rings. The maximum Gasteiger partial charge on any atom is 0.342 e. The molecule has 0 atom stereocenters. The van der Waals surface area contributed by atoms with Gasteiger partial charge in [0, 0.05) is 17.2 Å². The van der Waals surface area contributed by atoms with Gasteiger partial charge < -0.3 is 19.5 Å². The quantitative estimate of drug-likeness (QED) is 0.339. The Bertz CT molecular complexity index is 1280. The summed E-state index contributed by atoms with van der Waals surface area (Å²) >= 11 is 0. The van der Waals surface area contributed by atoms with E-state index in [1.165, 1.54) is 0 Å². The van der Waals surface area contributed by atoms with Crippen LogP contribution in [0.5, 0.6) is 11.5 Å². The van der Waals surface area contributed by atoms with E-state index in [4.69, 9.17) is 14.2 Å². The number of hydrogen-bond acceptors (Lipinski definition) is 7. The van der Waals surface area contributed by atoms with Crippen LogP contribution in [0.15, 0.2) is 78.9 Å². The minimum Gasteiger partial charge on any atom is -0.497 e. The first kappa shape index (κ1) is 22.8. The van der Waals surface area contributed by atoms with Gasteiger partial charge in [-0.3, -0.25) is 0 Å². The summed E-state index contributed by atoms with van der Waals surface area (Å²) < 4.78 is 16.3. The van der Waals surface area contributed by atoms with Crippen LogP contribution in [-0.4, -0.2) is 37.0 Å². The van der Waals surface area contributed by atoms with Crippen molar-refractivity contribution in [3.05, 3.63) is 84.4 Å². The van der Waals surface area contributed by atoms with Crippen molar-refractivity contribution in [2.75, 3.05) is 26.1 Å². The number of carbonyl (C=O) groups is 1. The Labute approximate surface area is 198 Å². The third-order valence-electron chi connectivity index (χ3n) is 5.22. The predicted octanol–water partition coefficient (Wildman–Crippen LogP) is 5.75. The van der Waals surface area contributed by atoms with Crippen LogP contribution >= 0.6 is 0 Å². The third kappa shape index (κ3) is 4.68. The lowest BCUT2D eigenvalue weighted by atomic mass is 9.95. The normalized spacial score (nSPS) is 10.4. The van der Waals surface area contributed by atoms with Crippen LogP contribution in [0.2, 0.25) is 0 Å². The number of anilines is 2. The van der Waals surface area contributed by atoms with Gasteiger partial charge in [-0.15, -0.1) is 10.2 Å². The van der Waals surface area contributed by atoms with E-state index in [0.29, 0.717) is 34.0 Å². The van der Waals surface area contributed by atoms with Crippen LogP contribution in [0.25, 0.3) is 22.4 Å². The van der Waals surface area contributed by atoms with Gasteiger partial charge in [0.1, 0.15) is 22.8 Å². The molecule has 172 valence electrons. The smallest absolute Gasteiger partial charge is 0.342 e. The molecule has 0 bridgehead atoms. The van der Waals surface area contributed by atoms with Crippen molar-refractivity contribution < 1.29 is 19.0 Å². The van der Waals surface area contributed by atoms with Gasteiger partial charge in [0.25, 0.3) is 0 Å². The summed E-state index contributed by atoms with van der Waals surface area (Å²) in [6, 6.07) is 24.6. The lowest BCUT2D eigenvalue weighted by molar-refractivity contribution is 0.0528. The molecule has 34 heavy (non-hydrogen) atoms. The van der Waals surface area contributed by atoms with E-state index in [2.05, 4.69) is 15.5 Å². The fraction of sp³-hybridized carbons (Fsp3) is 0.148. The Hall–Kier alpha value is -4.39. The molecule has 1 N–H and O–H groups in total. The maximum atomic E-state index is 13.3. The van der Waals surface area contributed by atoms with E-state index >= 15 is 0 Å². The number of rotatable bonds is 8. The lowest BCUT2D eigenvalue weighted by Crippen LogP contribution is -2.14. The van der Waals surface area contributed by atoms with Gasteiger partial charge in [-0.05, 0) is 24.6 Å². The Balaban J connectivity index is 1.95. The van der Waals surface area contributed by atoms with Crippen molar-refractivity contribution in [2.45, 2.75) is 6.92 Å². The van der Waals surface area contributed by atoms with Crippen molar-refractivity contribution in [2.24, 2.45) is 0 Å². The zero-order valence-corrected chi connectivity index (χ0v) is 19.2. The van der Waals surface area contributed by atoms with Crippen LogP contribution in [0.1, 0.15) is 17.3 Å². The lowest BCUT2D eigenvalue weighted by Gasteiger charge is -2.18. The van der Waals surface area contributed by atoms with Gasteiger partial charge in [-0.1, -0.05) is 60.7 Å². The molecule has 0 aliphatic carbocycles. The summed E-state index contributed by atoms with van der Waals surface area (Å²) in [5.41, 5.74) is 3.78. The number of nitrogens with one attached hydrogen (secondary N) is 1. The van der Waals surface area contributed by atoms with Crippen molar-refractivity contribution >= 4 is 17.5 Å². The van der Waals surface area contributed by atoms with Crippen molar-refractivity contribution in [1.82, 2.24) is 10.2 Å². The molecule has 4 rings (SSSR count).